The van der Waals surface area contributed by atoms with Gasteiger partial charge in [0.05, 0.1) is 19.3 Å². The van der Waals surface area contributed by atoms with Crippen molar-refractivity contribution in [2.75, 3.05) is 33.4 Å². The molecular weight excluding hydrogens is 419 g/mol. The molecule has 2 rings (SSSR count). The van der Waals surface area contributed by atoms with Crippen LogP contribution in [0.1, 0.15) is 32.6 Å². The molecule has 0 unspecified atom stereocenters. The number of hydrogen-bond donors (Lipinski definition) is 3. The van der Waals surface area contributed by atoms with E-state index < -0.39 is 30.0 Å². The van der Waals surface area contributed by atoms with Crippen molar-refractivity contribution >= 4 is 11.8 Å². The minimum Gasteiger partial charge on any atom is -0.480 e. The number of para-hydroxylation sites is 1. The minimum atomic E-state index is -1.19. The highest BCUT2D eigenvalue weighted by Crippen LogP contribution is 2.29. The molecule has 0 aliphatic heterocycles. The molecule has 0 aromatic heterocycles. The van der Waals surface area contributed by atoms with Gasteiger partial charge < -0.3 is 29.9 Å². The summed E-state index contributed by atoms with van der Waals surface area (Å²) in [5.41, 5.74) is 0.292. The van der Waals surface area contributed by atoms with Gasteiger partial charge in [0, 0.05) is 38.6 Å². The quantitative estimate of drug-likeness (QED) is 0.443. The number of benzene rings is 1. The Labute approximate surface area is 188 Å². The standard InChI is InChI=1S/C23H33FN2O6/c1-3-4-9-21(28)26(11-13-31-2)18-14-16(23(30)25-10-12-27)15-20(22(18)29)32-19-8-6-5-7-17(19)24/h5-8,15,18,20,22,27,29H,3-4,9-14H2,1-2H3,(H,25,30)/t18-,20+,22+/m1/s1. The molecule has 2 amide bonds. The van der Waals surface area contributed by atoms with Crippen LogP contribution in [0.3, 0.4) is 0 Å². The van der Waals surface area contributed by atoms with Gasteiger partial charge in [-0.3, -0.25) is 9.59 Å². The van der Waals surface area contributed by atoms with Gasteiger partial charge in [-0.2, -0.15) is 0 Å². The number of hydrogen-bond acceptors (Lipinski definition) is 6. The third kappa shape index (κ3) is 7.01. The maximum absolute atomic E-state index is 14.2. The van der Waals surface area contributed by atoms with Gasteiger partial charge in [0.2, 0.25) is 11.8 Å². The minimum absolute atomic E-state index is 0.0606. The van der Waals surface area contributed by atoms with E-state index in [-0.39, 0.29) is 44.4 Å². The molecule has 3 atom stereocenters. The van der Waals surface area contributed by atoms with Gasteiger partial charge in [-0.05, 0) is 24.6 Å². The van der Waals surface area contributed by atoms with Gasteiger partial charge in [0.1, 0.15) is 12.2 Å². The topological polar surface area (TPSA) is 108 Å². The zero-order valence-electron chi connectivity index (χ0n) is 18.6. The number of unbranched alkanes of at least 4 members (excludes halogenated alkanes) is 1. The summed E-state index contributed by atoms with van der Waals surface area (Å²) >= 11 is 0. The maximum Gasteiger partial charge on any atom is 0.247 e. The highest BCUT2D eigenvalue weighted by Gasteiger charge is 2.40. The maximum atomic E-state index is 14.2. The highest BCUT2D eigenvalue weighted by atomic mass is 19.1. The second-order valence-electron chi connectivity index (χ2n) is 7.63. The molecule has 0 bridgehead atoms. The van der Waals surface area contributed by atoms with Crippen LogP contribution in [0.4, 0.5) is 4.39 Å². The van der Waals surface area contributed by atoms with Crippen molar-refractivity contribution in [3.8, 4) is 5.75 Å². The third-order valence-corrected chi connectivity index (χ3v) is 5.32. The van der Waals surface area contributed by atoms with E-state index in [9.17, 15) is 19.1 Å². The molecule has 32 heavy (non-hydrogen) atoms. The molecule has 3 N–H and O–H groups in total. The summed E-state index contributed by atoms with van der Waals surface area (Å²) in [6, 6.07) is 5.03. The van der Waals surface area contributed by atoms with Crippen molar-refractivity contribution in [3.63, 3.8) is 0 Å². The van der Waals surface area contributed by atoms with E-state index in [2.05, 4.69) is 5.32 Å². The molecule has 1 aliphatic carbocycles. The molecule has 1 aliphatic rings. The van der Waals surface area contributed by atoms with Crippen molar-refractivity contribution in [2.45, 2.75) is 50.9 Å². The summed E-state index contributed by atoms with van der Waals surface area (Å²) in [5, 5.41) is 22.7. The van der Waals surface area contributed by atoms with E-state index in [0.29, 0.717) is 18.4 Å². The number of rotatable bonds is 12. The van der Waals surface area contributed by atoms with Crippen molar-refractivity contribution in [2.24, 2.45) is 0 Å². The molecule has 1 aromatic rings. The lowest BCUT2D eigenvalue weighted by atomic mass is 9.88. The number of aliphatic hydroxyl groups is 2. The predicted octanol–water partition coefficient (Wildman–Crippen LogP) is 1.41. The number of ether oxygens (including phenoxy) is 2. The average Bonchev–Trinajstić information content (AvgIpc) is 2.79. The number of carbonyl (C=O) groups excluding carboxylic acids is 2. The normalized spacial score (nSPS) is 20.4. The molecule has 8 nitrogen and oxygen atoms in total. The van der Waals surface area contributed by atoms with Crippen LogP contribution in [0.15, 0.2) is 35.9 Å². The lowest BCUT2D eigenvalue weighted by Crippen LogP contribution is -2.55. The molecule has 0 fully saturated rings. The Morgan fingerprint density at radius 3 is 2.72 bits per heavy atom. The lowest BCUT2D eigenvalue weighted by Gasteiger charge is -2.40. The number of carbonyl (C=O) groups is 2. The van der Waals surface area contributed by atoms with Gasteiger partial charge >= 0.3 is 0 Å². The fraction of sp³-hybridized carbons (Fsp3) is 0.565. The first-order valence-electron chi connectivity index (χ1n) is 10.9. The monoisotopic (exact) mass is 452 g/mol. The lowest BCUT2D eigenvalue weighted by molar-refractivity contribution is -0.139. The fourth-order valence-electron chi connectivity index (χ4n) is 3.60. The molecule has 0 radical (unpaired) electrons. The predicted molar refractivity (Wildman–Crippen MR) is 117 cm³/mol. The first-order valence-corrected chi connectivity index (χ1v) is 10.9. The van der Waals surface area contributed by atoms with E-state index in [1.807, 2.05) is 6.92 Å². The van der Waals surface area contributed by atoms with Crippen LogP contribution in [0.5, 0.6) is 5.75 Å². The summed E-state index contributed by atoms with van der Waals surface area (Å²) < 4.78 is 25.0. The number of amides is 2. The Bertz CT molecular complexity index is 788. The number of methoxy groups -OCH3 is 1. The molecule has 0 spiro atoms. The van der Waals surface area contributed by atoms with Crippen molar-refractivity contribution in [1.82, 2.24) is 10.2 Å². The summed E-state index contributed by atoms with van der Waals surface area (Å²) in [7, 11) is 1.52. The van der Waals surface area contributed by atoms with Crippen LogP contribution in [0.25, 0.3) is 0 Å². The Balaban J connectivity index is 2.35. The fourth-order valence-corrected chi connectivity index (χ4v) is 3.60. The second kappa shape index (κ2) is 13.1. The SMILES string of the molecule is CCCCC(=O)N(CCOC)[C@@H]1CC(C(=O)NCCO)=C[C@H](Oc2ccccc2F)[C@H]1O. The van der Waals surface area contributed by atoms with Crippen molar-refractivity contribution in [1.29, 1.82) is 0 Å². The smallest absolute Gasteiger partial charge is 0.247 e. The molecule has 178 valence electrons. The van der Waals surface area contributed by atoms with E-state index in [4.69, 9.17) is 14.6 Å². The Kier molecular flexibility index (Phi) is 10.6. The Hall–Kier alpha value is -2.49. The first kappa shape index (κ1) is 25.8. The van der Waals surface area contributed by atoms with Crippen LogP contribution in [0.2, 0.25) is 0 Å². The van der Waals surface area contributed by atoms with Gasteiger partial charge in [0.25, 0.3) is 0 Å². The largest absolute Gasteiger partial charge is 0.480 e. The number of halogens is 1. The van der Waals surface area contributed by atoms with Gasteiger partial charge in [-0.25, -0.2) is 4.39 Å². The van der Waals surface area contributed by atoms with Crippen LogP contribution in [0, 0.1) is 5.82 Å². The molecule has 1 aromatic carbocycles. The van der Waals surface area contributed by atoms with Crippen LogP contribution >= 0.6 is 0 Å². The van der Waals surface area contributed by atoms with E-state index >= 15 is 0 Å². The van der Waals surface area contributed by atoms with E-state index in [1.165, 1.54) is 36.3 Å². The molecule has 9 heteroatoms. The van der Waals surface area contributed by atoms with Crippen LogP contribution < -0.4 is 10.1 Å². The zero-order chi connectivity index (χ0) is 23.5. The number of nitrogens with one attached hydrogen (secondary N) is 1. The van der Waals surface area contributed by atoms with Gasteiger partial charge in [0.15, 0.2) is 11.6 Å². The van der Waals surface area contributed by atoms with E-state index in [1.54, 1.807) is 6.07 Å². The van der Waals surface area contributed by atoms with Gasteiger partial charge in [-0.15, -0.1) is 0 Å². The van der Waals surface area contributed by atoms with Crippen molar-refractivity contribution in [3.05, 3.63) is 41.7 Å². The second-order valence-corrected chi connectivity index (χ2v) is 7.63. The third-order valence-electron chi connectivity index (χ3n) is 5.32. The summed E-state index contributed by atoms with van der Waals surface area (Å²) in [4.78, 5) is 27.1. The van der Waals surface area contributed by atoms with Crippen LogP contribution in [-0.4, -0.2) is 78.6 Å². The summed E-state index contributed by atoms with van der Waals surface area (Å²) in [6.07, 6.45) is 1.14. The highest BCUT2D eigenvalue weighted by molar-refractivity contribution is 5.94. The number of aliphatic hydroxyl groups excluding tert-OH is 2. The average molecular weight is 453 g/mol. The zero-order valence-corrected chi connectivity index (χ0v) is 18.6. The van der Waals surface area contributed by atoms with E-state index in [0.717, 1.165) is 6.42 Å². The van der Waals surface area contributed by atoms with Crippen LogP contribution in [-0.2, 0) is 14.3 Å². The Morgan fingerprint density at radius 2 is 2.06 bits per heavy atom. The molecule has 0 saturated carbocycles. The molecule has 0 saturated heterocycles. The van der Waals surface area contributed by atoms with Crippen molar-refractivity contribution < 1.29 is 33.7 Å². The van der Waals surface area contributed by atoms with Gasteiger partial charge in [-0.1, -0.05) is 25.5 Å². The molecular formula is C23H33FN2O6. The summed E-state index contributed by atoms with van der Waals surface area (Å²) in [6.45, 7) is 2.31. The Morgan fingerprint density at radius 1 is 1.31 bits per heavy atom. The summed E-state index contributed by atoms with van der Waals surface area (Å²) in [5.74, 6) is -1.26. The first-order chi connectivity index (χ1) is 15.4. The molecule has 0 heterocycles. The number of nitrogens with zero attached hydrogens (tertiary/aromatic N) is 1.